The molecule has 2 heterocycles. The highest BCUT2D eigenvalue weighted by molar-refractivity contribution is 5.95. The Labute approximate surface area is 205 Å². The summed E-state index contributed by atoms with van der Waals surface area (Å²) in [4.78, 5) is 18.0. The van der Waals surface area contributed by atoms with Crippen molar-refractivity contribution in [3.8, 4) is 11.5 Å². The summed E-state index contributed by atoms with van der Waals surface area (Å²) in [7, 11) is 0. The topological polar surface area (TPSA) is 80.6 Å². The minimum Gasteiger partial charge on any atom is -0.488 e. The van der Waals surface area contributed by atoms with Crippen molar-refractivity contribution in [3.05, 3.63) is 59.0 Å². The molecule has 0 radical (unpaired) electrons. The van der Waals surface area contributed by atoms with Crippen LogP contribution in [0.25, 0.3) is 10.9 Å². The number of amides is 1. The third-order valence-electron chi connectivity index (χ3n) is 7.32. The third kappa shape index (κ3) is 4.87. The molecular formula is C28H34FN3O3. The molecule has 1 aliphatic heterocycles. The number of hydrogen-bond acceptors (Lipinski definition) is 4. The molecule has 1 atom stereocenters. The molecule has 3 aromatic rings. The van der Waals surface area contributed by atoms with Gasteiger partial charge in [-0.3, -0.25) is 9.69 Å². The van der Waals surface area contributed by atoms with Gasteiger partial charge in [0.05, 0.1) is 6.10 Å². The number of hydrogen-bond donors (Lipinski definition) is 2. The summed E-state index contributed by atoms with van der Waals surface area (Å²) in [6.07, 6.45) is 8.14. The van der Waals surface area contributed by atoms with Crippen LogP contribution in [-0.4, -0.2) is 47.1 Å². The molecule has 2 aliphatic rings. The molecule has 1 aromatic heterocycles. The number of nitrogens with one attached hydrogen (secondary N) is 1. The second kappa shape index (κ2) is 9.90. The summed E-state index contributed by atoms with van der Waals surface area (Å²) in [5.41, 5.74) is 9.19. The molecule has 1 aliphatic carbocycles. The number of primary amides is 1. The molecule has 7 heteroatoms. The van der Waals surface area contributed by atoms with Gasteiger partial charge in [-0.1, -0.05) is 6.42 Å². The first-order valence-electron chi connectivity index (χ1n) is 12.7. The molecule has 2 aromatic carbocycles. The molecule has 35 heavy (non-hydrogen) atoms. The normalized spacial score (nSPS) is 17.9. The van der Waals surface area contributed by atoms with Gasteiger partial charge < -0.3 is 20.2 Å². The maximum absolute atomic E-state index is 13.8. The second-order valence-corrected chi connectivity index (χ2v) is 10.0. The van der Waals surface area contributed by atoms with E-state index in [4.69, 9.17) is 15.2 Å². The number of fused-ring (bicyclic) bond motifs is 2. The summed E-state index contributed by atoms with van der Waals surface area (Å²) in [6.45, 7) is 5.42. The Bertz CT molecular complexity index is 1220. The van der Waals surface area contributed by atoms with E-state index >= 15 is 0 Å². The molecular weight excluding hydrogens is 445 g/mol. The fraction of sp³-hybridized carbons (Fsp3) is 0.464. The van der Waals surface area contributed by atoms with Gasteiger partial charge in [0.15, 0.2) is 11.5 Å². The standard InChI is InChI=1S/C28H34FN3O3/c1-17(2)35-26-11-9-22(28(30)33)24-14-21(16-34-27(24)26)32(20-6-3-7-20)12-4-5-18-15-31-25-10-8-19(29)13-23(18)25/h8-11,13,15,17,20-21,31H,3-7,12,14,16H2,1-2H3,(H2,30,33). The summed E-state index contributed by atoms with van der Waals surface area (Å²) in [6, 6.07) is 9.12. The fourth-order valence-corrected chi connectivity index (χ4v) is 5.42. The Morgan fingerprint density at radius 2 is 2.09 bits per heavy atom. The van der Waals surface area contributed by atoms with Crippen LogP contribution in [0.3, 0.4) is 0 Å². The van der Waals surface area contributed by atoms with Crippen LogP contribution in [0.2, 0.25) is 0 Å². The van der Waals surface area contributed by atoms with Crippen molar-refractivity contribution in [1.29, 1.82) is 0 Å². The van der Waals surface area contributed by atoms with E-state index in [1.54, 1.807) is 24.3 Å². The second-order valence-electron chi connectivity index (χ2n) is 10.0. The lowest BCUT2D eigenvalue weighted by atomic mass is 9.87. The molecule has 1 unspecified atom stereocenters. The quantitative estimate of drug-likeness (QED) is 0.453. The average molecular weight is 480 g/mol. The summed E-state index contributed by atoms with van der Waals surface area (Å²) < 4.78 is 26.0. The number of nitrogens with zero attached hydrogens (tertiary/aromatic N) is 1. The monoisotopic (exact) mass is 479 g/mol. The number of halogens is 1. The third-order valence-corrected chi connectivity index (χ3v) is 7.32. The van der Waals surface area contributed by atoms with Gasteiger partial charge in [0, 0.05) is 40.3 Å². The predicted molar refractivity (Wildman–Crippen MR) is 135 cm³/mol. The van der Waals surface area contributed by atoms with Gasteiger partial charge in [0.1, 0.15) is 12.4 Å². The number of ether oxygens (including phenoxy) is 2. The van der Waals surface area contributed by atoms with Crippen molar-refractivity contribution < 1.29 is 18.7 Å². The summed E-state index contributed by atoms with van der Waals surface area (Å²) in [5, 5.41) is 0.957. The van der Waals surface area contributed by atoms with Crippen molar-refractivity contribution in [2.45, 2.75) is 70.6 Å². The molecule has 1 amide bonds. The van der Waals surface area contributed by atoms with E-state index in [1.807, 2.05) is 20.0 Å². The zero-order valence-corrected chi connectivity index (χ0v) is 20.5. The number of aryl methyl sites for hydroxylation is 1. The smallest absolute Gasteiger partial charge is 0.249 e. The maximum atomic E-state index is 13.8. The predicted octanol–water partition coefficient (Wildman–Crippen LogP) is 4.98. The van der Waals surface area contributed by atoms with E-state index in [0.717, 1.165) is 41.4 Å². The lowest BCUT2D eigenvalue weighted by Crippen LogP contribution is -2.51. The first-order chi connectivity index (χ1) is 16.9. The number of benzene rings is 2. The maximum Gasteiger partial charge on any atom is 0.249 e. The largest absolute Gasteiger partial charge is 0.488 e. The zero-order valence-electron chi connectivity index (χ0n) is 20.5. The van der Waals surface area contributed by atoms with Crippen molar-refractivity contribution in [2.24, 2.45) is 5.73 Å². The first-order valence-corrected chi connectivity index (χ1v) is 12.7. The highest BCUT2D eigenvalue weighted by Crippen LogP contribution is 2.40. The molecule has 5 rings (SSSR count). The van der Waals surface area contributed by atoms with Crippen LogP contribution in [-0.2, 0) is 12.8 Å². The number of carbonyl (C=O) groups is 1. The number of H-pyrrole nitrogens is 1. The Balaban J connectivity index is 1.33. The molecule has 186 valence electrons. The van der Waals surface area contributed by atoms with Gasteiger partial charge in [-0.2, -0.15) is 0 Å². The first kappa shape index (κ1) is 23.7. The van der Waals surface area contributed by atoms with Gasteiger partial charge in [-0.15, -0.1) is 0 Å². The Kier molecular flexibility index (Phi) is 6.69. The van der Waals surface area contributed by atoms with Crippen LogP contribution in [0.15, 0.2) is 36.5 Å². The van der Waals surface area contributed by atoms with Crippen molar-refractivity contribution in [2.75, 3.05) is 13.2 Å². The van der Waals surface area contributed by atoms with Crippen LogP contribution in [0.1, 0.15) is 61.0 Å². The molecule has 6 nitrogen and oxygen atoms in total. The number of aromatic amines is 1. The molecule has 3 N–H and O–H groups in total. The van der Waals surface area contributed by atoms with Crippen LogP contribution < -0.4 is 15.2 Å². The Morgan fingerprint density at radius 3 is 2.80 bits per heavy atom. The molecule has 0 bridgehead atoms. The minimum atomic E-state index is -0.441. The van der Waals surface area contributed by atoms with Gasteiger partial charge >= 0.3 is 0 Å². The number of rotatable bonds is 9. The summed E-state index contributed by atoms with van der Waals surface area (Å²) in [5.74, 6) is 0.669. The number of aromatic nitrogens is 1. The number of nitrogens with two attached hydrogens (primary N) is 1. The SMILES string of the molecule is CC(C)Oc1ccc(C(N)=O)c2c1OCC(N(CCCc1c[nH]c3ccc(F)cc13)C1CCC1)C2. The lowest BCUT2D eigenvalue weighted by Gasteiger charge is -2.44. The van der Waals surface area contributed by atoms with E-state index in [9.17, 15) is 9.18 Å². The van der Waals surface area contributed by atoms with Gasteiger partial charge in [-0.25, -0.2) is 4.39 Å². The van der Waals surface area contributed by atoms with E-state index in [1.165, 1.54) is 25.3 Å². The van der Waals surface area contributed by atoms with Crippen LogP contribution in [0.5, 0.6) is 11.5 Å². The van der Waals surface area contributed by atoms with Crippen molar-refractivity contribution in [1.82, 2.24) is 9.88 Å². The minimum absolute atomic E-state index is 0.00399. The van der Waals surface area contributed by atoms with E-state index < -0.39 is 5.91 Å². The van der Waals surface area contributed by atoms with Gasteiger partial charge in [0.25, 0.3) is 0 Å². The van der Waals surface area contributed by atoms with Gasteiger partial charge in [-0.05, 0) is 88.4 Å². The molecule has 0 saturated heterocycles. The summed E-state index contributed by atoms with van der Waals surface area (Å²) >= 11 is 0. The van der Waals surface area contributed by atoms with Gasteiger partial charge in [0.2, 0.25) is 5.91 Å². The highest BCUT2D eigenvalue weighted by Gasteiger charge is 2.35. The van der Waals surface area contributed by atoms with Crippen molar-refractivity contribution >= 4 is 16.8 Å². The van der Waals surface area contributed by atoms with Crippen molar-refractivity contribution in [3.63, 3.8) is 0 Å². The zero-order chi connectivity index (χ0) is 24.5. The fourth-order valence-electron chi connectivity index (χ4n) is 5.42. The molecule has 1 saturated carbocycles. The Morgan fingerprint density at radius 1 is 1.26 bits per heavy atom. The highest BCUT2D eigenvalue weighted by atomic mass is 19.1. The van der Waals surface area contributed by atoms with E-state index in [0.29, 0.717) is 36.1 Å². The van der Waals surface area contributed by atoms with Crippen LogP contribution in [0.4, 0.5) is 4.39 Å². The van der Waals surface area contributed by atoms with Crippen LogP contribution in [0, 0.1) is 5.82 Å². The molecule has 1 fully saturated rings. The van der Waals surface area contributed by atoms with Crippen LogP contribution >= 0.6 is 0 Å². The Hall–Kier alpha value is -3.06. The molecule has 0 spiro atoms. The average Bonchev–Trinajstić information content (AvgIpc) is 3.18. The number of carbonyl (C=O) groups excluding carboxylic acids is 1. The lowest BCUT2D eigenvalue weighted by molar-refractivity contribution is 0.0419. The van der Waals surface area contributed by atoms with E-state index in [-0.39, 0.29) is 18.0 Å². The van der Waals surface area contributed by atoms with E-state index in [2.05, 4.69) is 9.88 Å².